The van der Waals surface area contributed by atoms with E-state index < -0.39 is 5.82 Å². The first-order valence-corrected chi connectivity index (χ1v) is 5.88. The molecule has 0 heterocycles. The molecule has 88 valence electrons. The third-order valence-corrected chi connectivity index (χ3v) is 3.10. The normalized spacial score (nSPS) is 17.2. The lowest BCUT2D eigenvalue weighted by Gasteiger charge is -2.14. The van der Waals surface area contributed by atoms with E-state index in [1.54, 1.807) is 13.0 Å². The minimum absolute atomic E-state index is 0.109. The van der Waals surface area contributed by atoms with Gasteiger partial charge in [-0.25, -0.2) is 4.39 Å². The van der Waals surface area contributed by atoms with E-state index in [9.17, 15) is 4.39 Å². The Hall–Kier alpha value is -0.800. The van der Waals surface area contributed by atoms with Gasteiger partial charge < -0.3 is 10.5 Å². The molecule has 0 unspecified atom stereocenters. The SMILES string of the molecule is CCOc1c(F)cc([C@H](N)C2CC2)cc1Cl. The van der Waals surface area contributed by atoms with Gasteiger partial charge in [0.2, 0.25) is 0 Å². The van der Waals surface area contributed by atoms with E-state index in [-0.39, 0.29) is 11.8 Å². The van der Waals surface area contributed by atoms with Crippen molar-refractivity contribution in [2.75, 3.05) is 6.61 Å². The van der Waals surface area contributed by atoms with Crippen LogP contribution in [-0.4, -0.2) is 6.61 Å². The number of hydrogen-bond donors (Lipinski definition) is 1. The Morgan fingerprint density at radius 1 is 1.56 bits per heavy atom. The van der Waals surface area contributed by atoms with Crippen LogP contribution in [0.5, 0.6) is 5.75 Å². The zero-order valence-electron chi connectivity index (χ0n) is 9.17. The van der Waals surface area contributed by atoms with Crippen LogP contribution >= 0.6 is 11.6 Å². The molecule has 0 amide bonds. The van der Waals surface area contributed by atoms with Crippen molar-refractivity contribution in [1.82, 2.24) is 0 Å². The van der Waals surface area contributed by atoms with E-state index in [0.29, 0.717) is 17.5 Å². The molecular weight excluding hydrogens is 229 g/mol. The second-order valence-corrected chi connectivity index (χ2v) is 4.52. The highest BCUT2D eigenvalue weighted by molar-refractivity contribution is 6.32. The van der Waals surface area contributed by atoms with Crippen LogP contribution < -0.4 is 10.5 Å². The molecule has 1 saturated carbocycles. The highest BCUT2D eigenvalue weighted by atomic mass is 35.5. The summed E-state index contributed by atoms with van der Waals surface area (Å²) < 4.78 is 18.8. The van der Waals surface area contributed by atoms with Gasteiger partial charge in [0.05, 0.1) is 11.6 Å². The predicted molar refractivity (Wildman–Crippen MR) is 62.2 cm³/mol. The third kappa shape index (κ3) is 2.30. The summed E-state index contributed by atoms with van der Waals surface area (Å²) in [5, 5.41) is 0.299. The number of nitrogens with two attached hydrogens (primary N) is 1. The van der Waals surface area contributed by atoms with Crippen LogP contribution in [0.25, 0.3) is 0 Å². The molecule has 2 N–H and O–H groups in total. The average Bonchev–Trinajstić information content (AvgIpc) is 3.05. The number of rotatable bonds is 4. The van der Waals surface area contributed by atoms with Crippen molar-refractivity contribution in [2.45, 2.75) is 25.8 Å². The molecule has 0 saturated heterocycles. The maximum absolute atomic E-state index is 13.7. The van der Waals surface area contributed by atoms with Crippen LogP contribution in [-0.2, 0) is 0 Å². The number of benzene rings is 1. The zero-order valence-corrected chi connectivity index (χ0v) is 9.93. The van der Waals surface area contributed by atoms with Crippen LogP contribution in [0.4, 0.5) is 4.39 Å². The van der Waals surface area contributed by atoms with Crippen LogP contribution in [0.2, 0.25) is 5.02 Å². The summed E-state index contributed by atoms with van der Waals surface area (Å²) in [5.74, 6) is 0.171. The molecule has 0 aromatic heterocycles. The van der Waals surface area contributed by atoms with Crippen molar-refractivity contribution >= 4 is 11.6 Å². The van der Waals surface area contributed by atoms with Gasteiger partial charge in [-0.2, -0.15) is 0 Å². The summed E-state index contributed by atoms with van der Waals surface area (Å²) in [6.07, 6.45) is 2.24. The Labute approximate surface area is 99.5 Å². The van der Waals surface area contributed by atoms with E-state index in [0.717, 1.165) is 18.4 Å². The highest BCUT2D eigenvalue weighted by Crippen LogP contribution is 2.41. The van der Waals surface area contributed by atoms with Crippen molar-refractivity contribution in [3.63, 3.8) is 0 Å². The molecule has 1 aromatic carbocycles. The maximum Gasteiger partial charge on any atom is 0.173 e. The monoisotopic (exact) mass is 243 g/mol. The topological polar surface area (TPSA) is 35.2 Å². The fourth-order valence-corrected chi connectivity index (χ4v) is 2.05. The van der Waals surface area contributed by atoms with Gasteiger partial charge >= 0.3 is 0 Å². The lowest BCUT2D eigenvalue weighted by Crippen LogP contribution is -2.13. The molecule has 0 bridgehead atoms. The van der Waals surface area contributed by atoms with Gasteiger partial charge in [-0.05, 0) is 43.4 Å². The Kier molecular flexibility index (Phi) is 3.36. The van der Waals surface area contributed by atoms with Gasteiger partial charge in [-0.3, -0.25) is 0 Å². The summed E-state index contributed by atoms with van der Waals surface area (Å²) in [5.41, 5.74) is 6.75. The van der Waals surface area contributed by atoms with Crippen LogP contribution in [0, 0.1) is 11.7 Å². The van der Waals surface area contributed by atoms with E-state index in [1.807, 2.05) is 0 Å². The molecule has 1 atom stereocenters. The Morgan fingerprint density at radius 3 is 2.75 bits per heavy atom. The van der Waals surface area contributed by atoms with Crippen molar-refractivity contribution < 1.29 is 9.13 Å². The summed E-state index contributed by atoms with van der Waals surface area (Å²) in [6.45, 7) is 2.18. The summed E-state index contributed by atoms with van der Waals surface area (Å²) in [4.78, 5) is 0. The van der Waals surface area contributed by atoms with E-state index in [2.05, 4.69) is 0 Å². The summed E-state index contributed by atoms with van der Waals surface area (Å²) in [7, 11) is 0. The van der Waals surface area contributed by atoms with Crippen molar-refractivity contribution in [3.05, 3.63) is 28.5 Å². The van der Waals surface area contributed by atoms with Gasteiger partial charge in [0.1, 0.15) is 0 Å². The van der Waals surface area contributed by atoms with Crippen LogP contribution in [0.3, 0.4) is 0 Å². The predicted octanol–water partition coefficient (Wildman–Crippen LogP) is 3.29. The van der Waals surface area contributed by atoms with Gasteiger partial charge in [-0.1, -0.05) is 11.6 Å². The Balaban J connectivity index is 2.28. The first-order chi connectivity index (χ1) is 7.63. The minimum Gasteiger partial charge on any atom is -0.489 e. The lowest BCUT2D eigenvalue weighted by molar-refractivity contribution is 0.321. The zero-order chi connectivity index (χ0) is 11.7. The maximum atomic E-state index is 13.7. The first-order valence-electron chi connectivity index (χ1n) is 5.50. The molecule has 0 aliphatic heterocycles. The molecule has 1 fully saturated rings. The summed E-state index contributed by atoms with van der Waals surface area (Å²) in [6, 6.07) is 3.03. The van der Waals surface area contributed by atoms with Gasteiger partial charge in [0, 0.05) is 6.04 Å². The second kappa shape index (κ2) is 4.60. The molecule has 16 heavy (non-hydrogen) atoms. The molecular formula is C12H15ClFNO. The highest BCUT2D eigenvalue weighted by Gasteiger charge is 2.30. The quantitative estimate of drug-likeness (QED) is 0.881. The fraction of sp³-hybridized carbons (Fsp3) is 0.500. The average molecular weight is 244 g/mol. The fourth-order valence-electron chi connectivity index (χ4n) is 1.78. The van der Waals surface area contributed by atoms with Crippen LogP contribution in [0.15, 0.2) is 12.1 Å². The molecule has 2 nitrogen and oxygen atoms in total. The molecule has 1 aliphatic carbocycles. The van der Waals surface area contributed by atoms with Crippen molar-refractivity contribution in [2.24, 2.45) is 11.7 Å². The van der Waals surface area contributed by atoms with Gasteiger partial charge in [0.15, 0.2) is 11.6 Å². The van der Waals surface area contributed by atoms with E-state index in [4.69, 9.17) is 22.1 Å². The van der Waals surface area contributed by atoms with E-state index >= 15 is 0 Å². The van der Waals surface area contributed by atoms with E-state index in [1.165, 1.54) is 6.07 Å². The first kappa shape index (κ1) is 11.7. The van der Waals surface area contributed by atoms with Crippen LogP contribution in [0.1, 0.15) is 31.4 Å². The van der Waals surface area contributed by atoms with Crippen molar-refractivity contribution in [1.29, 1.82) is 0 Å². The Morgan fingerprint density at radius 2 is 2.25 bits per heavy atom. The number of hydrogen-bond acceptors (Lipinski definition) is 2. The molecule has 1 aliphatic rings. The van der Waals surface area contributed by atoms with Gasteiger partial charge in [-0.15, -0.1) is 0 Å². The largest absolute Gasteiger partial charge is 0.489 e. The second-order valence-electron chi connectivity index (χ2n) is 4.11. The molecule has 2 rings (SSSR count). The molecule has 0 spiro atoms. The molecule has 4 heteroatoms. The third-order valence-electron chi connectivity index (χ3n) is 2.82. The standard InChI is InChI=1S/C12H15ClFNO/c1-2-16-12-9(13)5-8(6-10(12)14)11(15)7-3-4-7/h5-7,11H,2-4,15H2,1H3/t11-/m1/s1. The minimum atomic E-state index is -0.430. The smallest absolute Gasteiger partial charge is 0.173 e. The van der Waals surface area contributed by atoms with Gasteiger partial charge in [0.25, 0.3) is 0 Å². The summed E-state index contributed by atoms with van der Waals surface area (Å²) >= 11 is 5.96. The molecule has 1 aromatic rings. The lowest BCUT2D eigenvalue weighted by atomic mass is 10.0. The number of halogens is 2. The number of ether oxygens (including phenoxy) is 1. The van der Waals surface area contributed by atoms with Crippen molar-refractivity contribution in [3.8, 4) is 5.75 Å². The Bertz CT molecular complexity index is 370. The molecule has 0 radical (unpaired) electrons.